The van der Waals surface area contributed by atoms with Crippen LogP contribution in [0.15, 0.2) is 35.2 Å². The molecule has 2 aromatic carbocycles. The smallest absolute Gasteiger partial charge is 0.294 e. The Labute approximate surface area is 137 Å². The number of fused-ring (bicyclic) bond motifs is 1. The zero-order valence-electron chi connectivity index (χ0n) is 12.0. The molecule has 0 saturated heterocycles. The van der Waals surface area contributed by atoms with E-state index in [4.69, 9.17) is 9.11 Å². The Hall–Kier alpha value is -2.21. The molecular weight excluding hydrogens is 362 g/mol. The fraction of sp³-hybridized carbons (Fsp3) is 0.154. The summed E-state index contributed by atoms with van der Waals surface area (Å²) in [5, 5.41) is 12.7. The van der Waals surface area contributed by atoms with E-state index in [1.165, 1.54) is 18.2 Å². The molecule has 0 atom stereocenters. The molecule has 24 heavy (non-hydrogen) atoms. The van der Waals surface area contributed by atoms with Crippen molar-refractivity contribution in [3.63, 3.8) is 0 Å². The van der Waals surface area contributed by atoms with Crippen LogP contribution in [0, 0.1) is 0 Å². The quantitative estimate of drug-likeness (QED) is 0.564. The van der Waals surface area contributed by atoms with Crippen molar-refractivity contribution in [1.82, 2.24) is 0 Å². The number of phenols is 1. The maximum Gasteiger partial charge on any atom is 0.294 e. The van der Waals surface area contributed by atoms with E-state index in [1.54, 1.807) is 0 Å². The molecule has 130 valence electrons. The molecule has 9 nitrogen and oxygen atoms in total. The van der Waals surface area contributed by atoms with Crippen LogP contribution in [-0.4, -0.2) is 42.7 Å². The van der Waals surface area contributed by atoms with E-state index in [0.29, 0.717) is 5.39 Å². The normalized spacial score (nSPS) is 12.2. The number of carbonyl (C=O) groups is 1. The molecule has 0 aliphatic carbocycles. The van der Waals surface area contributed by atoms with Crippen molar-refractivity contribution in [2.75, 3.05) is 11.1 Å². The molecule has 2 aromatic rings. The van der Waals surface area contributed by atoms with Gasteiger partial charge in [0.05, 0.1) is 10.6 Å². The number of phenolic OH excluding ortho intramolecular Hbond substituents is 1. The number of rotatable bonds is 5. The lowest BCUT2D eigenvalue weighted by molar-refractivity contribution is -0.115. The third kappa shape index (κ3) is 4.64. The largest absolute Gasteiger partial charge is 0.507 e. The summed E-state index contributed by atoms with van der Waals surface area (Å²) in [5.41, 5.74) is 0.217. The Morgan fingerprint density at radius 3 is 2.29 bits per heavy atom. The highest BCUT2D eigenvalue weighted by Crippen LogP contribution is 2.30. The third-order valence-corrected chi connectivity index (χ3v) is 4.62. The Balaban J connectivity index is 2.32. The van der Waals surface area contributed by atoms with E-state index in [0.717, 1.165) is 12.1 Å². The van der Waals surface area contributed by atoms with Gasteiger partial charge in [0.1, 0.15) is 5.75 Å². The molecule has 0 spiro atoms. The van der Waals surface area contributed by atoms with Crippen LogP contribution in [0.2, 0.25) is 0 Å². The van der Waals surface area contributed by atoms with Crippen LogP contribution >= 0.6 is 0 Å². The van der Waals surface area contributed by atoms with Crippen LogP contribution in [0.4, 0.5) is 5.69 Å². The summed E-state index contributed by atoms with van der Waals surface area (Å²) in [5.74, 6) is -1.79. The molecule has 1 amide bonds. The van der Waals surface area contributed by atoms with Gasteiger partial charge < -0.3 is 10.4 Å². The first-order valence-electron chi connectivity index (χ1n) is 6.45. The van der Waals surface area contributed by atoms with Gasteiger partial charge in [-0.2, -0.15) is 16.8 Å². The molecular formula is C13H13NO8S2. The minimum atomic E-state index is -4.52. The second kappa shape index (κ2) is 6.36. The molecule has 4 N–H and O–H groups in total. The van der Waals surface area contributed by atoms with Gasteiger partial charge in [0, 0.05) is 23.6 Å². The first-order chi connectivity index (χ1) is 11.0. The number of amides is 1. The summed E-state index contributed by atoms with van der Waals surface area (Å²) >= 11 is 0. The first-order valence-corrected chi connectivity index (χ1v) is 9.50. The Morgan fingerprint density at radius 2 is 1.71 bits per heavy atom. The Kier molecular flexibility index (Phi) is 4.80. The lowest BCUT2D eigenvalue weighted by atomic mass is 10.1. The average Bonchev–Trinajstić information content (AvgIpc) is 2.43. The van der Waals surface area contributed by atoms with E-state index in [-0.39, 0.29) is 16.8 Å². The number of hydrogen-bond donors (Lipinski definition) is 4. The molecule has 11 heteroatoms. The lowest BCUT2D eigenvalue weighted by Gasteiger charge is -2.08. The van der Waals surface area contributed by atoms with Crippen molar-refractivity contribution in [1.29, 1.82) is 0 Å². The summed E-state index contributed by atoms with van der Waals surface area (Å²) in [4.78, 5) is 11.1. The molecule has 0 unspecified atom stereocenters. The second-order valence-corrected chi connectivity index (χ2v) is 7.93. The average molecular weight is 375 g/mol. The fourth-order valence-electron chi connectivity index (χ4n) is 1.99. The summed E-state index contributed by atoms with van der Waals surface area (Å²) in [6, 6.07) is 6.17. The minimum absolute atomic E-state index is 0.217. The summed E-state index contributed by atoms with van der Waals surface area (Å²) in [6.45, 7) is 0. The molecule has 0 saturated carbocycles. The van der Waals surface area contributed by atoms with Gasteiger partial charge in [-0.05, 0) is 29.7 Å². The number of anilines is 1. The summed E-state index contributed by atoms with van der Waals surface area (Å²) < 4.78 is 61.2. The number of nitrogens with one attached hydrogen (secondary N) is 1. The van der Waals surface area contributed by atoms with Gasteiger partial charge in [-0.25, -0.2) is 0 Å². The molecule has 0 aliphatic heterocycles. The van der Waals surface area contributed by atoms with Crippen molar-refractivity contribution in [2.45, 2.75) is 11.3 Å². The Bertz CT molecular complexity index is 1010. The van der Waals surface area contributed by atoms with Gasteiger partial charge in [0.2, 0.25) is 5.91 Å². The lowest BCUT2D eigenvalue weighted by Crippen LogP contribution is -2.16. The predicted octanol–water partition coefficient (Wildman–Crippen LogP) is 1.01. The number of aromatic hydroxyl groups is 1. The van der Waals surface area contributed by atoms with Gasteiger partial charge >= 0.3 is 0 Å². The predicted molar refractivity (Wildman–Crippen MR) is 85.1 cm³/mol. The molecule has 0 aliphatic rings. The molecule has 0 aromatic heterocycles. The van der Waals surface area contributed by atoms with Crippen LogP contribution in [0.3, 0.4) is 0 Å². The first kappa shape index (κ1) is 18.1. The number of carbonyl (C=O) groups excluding carboxylic acids is 1. The highest BCUT2D eigenvalue weighted by atomic mass is 32.2. The van der Waals surface area contributed by atoms with Crippen LogP contribution in [0.1, 0.15) is 6.42 Å². The molecule has 0 fully saturated rings. The molecule has 0 bridgehead atoms. The van der Waals surface area contributed by atoms with Gasteiger partial charge in [0.15, 0.2) is 0 Å². The zero-order chi connectivity index (χ0) is 18.1. The molecule has 0 heterocycles. The third-order valence-electron chi connectivity index (χ3n) is 3.07. The molecule has 2 rings (SSSR count). The Morgan fingerprint density at radius 1 is 1.04 bits per heavy atom. The van der Waals surface area contributed by atoms with Crippen molar-refractivity contribution in [2.24, 2.45) is 0 Å². The van der Waals surface area contributed by atoms with E-state index < -0.39 is 43.2 Å². The standard InChI is InChI=1S/C13H13NO8S2/c15-12-7-10(24(20,21)22)6-8-5-9(1-2-11(8)12)14-13(16)3-4-23(17,18)19/h1-2,5-7,15H,3-4H2,(H,14,16)(H,17,18,19)(H,20,21,22). The van der Waals surface area contributed by atoms with Gasteiger partial charge in [-0.1, -0.05) is 0 Å². The topological polar surface area (TPSA) is 158 Å². The highest BCUT2D eigenvalue weighted by molar-refractivity contribution is 7.86. The van der Waals surface area contributed by atoms with Crippen LogP contribution in [0.5, 0.6) is 5.75 Å². The van der Waals surface area contributed by atoms with Crippen molar-refractivity contribution >= 4 is 42.6 Å². The van der Waals surface area contributed by atoms with Gasteiger partial charge in [-0.3, -0.25) is 13.9 Å². The van der Waals surface area contributed by atoms with Crippen LogP contribution < -0.4 is 5.32 Å². The van der Waals surface area contributed by atoms with Crippen LogP contribution in [-0.2, 0) is 25.0 Å². The summed E-state index contributed by atoms with van der Waals surface area (Å²) in [7, 11) is -8.78. The zero-order valence-corrected chi connectivity index (χ0v) is 13.6. The van der Waals surface area contributed by atoms with Gasteiger partial charge in [-0.15, -0.1) is 0 Å². The fourth-order valence-corrected chi connectivity index (χ4v) is 2.97. The monoisotopic (exact) mass is 375 g/mol. The van der Waals surface area contributed by atoms with Crippen molar-refractivity contribution < 1.29 is 35.8 Å². The van der Waals surface area contributed by atoms with Crippen LogP contribution in [0.25, 0.3) is 10.8 Å². The molecule has 0 radical (unpaired) electrons. The highest BCUT2D eigenvalue weighted by Gasteiger charge is 2.14. The second-order valence-electron chi connectivity index (χ2n) is 4.94. The van der Waals surface area contributed by atoms with E-state index in [2.05, 4.69) is 5.32 Å². The van der Waals surface area contributed by atoms with E-state index >= 15 is 0 Å². The van der Waals surface area contributed by atoms with Crippen molar-refractivity contribution in [3.8, 4) is 5.75 Å². The number of benzene rings is 2. The minimum Gasteiger partial charge on any atom is -0.507 e. The van der Waals surface area contributed by atoms with Gasteiger partial charge in [0.25, 0.3) is 20.2 Å². The maximum atomic E-state index is 11.6. The summed E-state index contributed by atoms with van der Waals surface area (Å²) in [6.07, 6.45) is -0.465. The van der Waals surface area contributed by atoms with E-state index in [1.807, 2.05) is 0 Å². The maximum absolute atomic E-state index is 11.6. The van der Waals surface area contributed by atoms with Crippen molar-refractivity contribution in [3.05, 3.63) is 30.3 Å². The van der Waals surface area contributed by atoms with E-state index in [9.17, 15) is 26.7 Å². The number of hydrogen-bond acceptors (Lipinski definition) is 6. The SMILES string of the molecule is O=C(CCS(=O)(=O)O)Nc1ccc2c(O)cc(S(=O)(=O)O)cc2c1.